The van der Waals surface area contributed by atoms with Crippen molar-refractivity contribution >= 4 is 11.0 Å². The topological polar surface area (TPSA) is 42.7 Å². The normalized spacial score (nSPS) is 13.7. The Hall–Kier alpha value is -3.44. The number of aryl methyl sites for hydroxylation is 1. The second kappa shape index (κ2) is 8.00. The number of ether oxygens (including phenoxy) is 1. The molecule has 0 radical (unpaired) electrons. The van der Waals surface area contributed by atoms with Gasteiger partial charge in [0, 0.05) is 36.0 Å². The molecule has 3 aromatic carbocycles. The highest BCUT2D eigenvalue weighted by Gasteiger charge is 2.24. The monoisotopic (exact) mass is 415 g/mol. The third-order valence-electron chi connectivity index (χ3n) is 5.88. The van der Waals surface area contributed by atoms with E-state index in [0.717, 1.165) is 22.1 Å². The lowest BCUT2D eigenvalue weighted by Crippen LogP contribution is -2.32. The third-order valence-corrected chi connectivity index (χ3v) is 5.88. The Morgan fingerprint density at radius 3 is 2.58 bits per heavy atom. The summed E-state index contributed by atoms with van der Waals surface area (Å²) < 4.78 is 25.8. The van der Waals surface area contributed by atoms with E-state index < -0.39 is 0 Å². The molecule has 0 bridgehead atoms. The molecular weight excluding hydrogens is 393 g/mol. The summed E-state index contributed by atoms with van der Waals surface area (Å²) in [6.45, 7) is 3.24. The molecule has 0 saturated heterocycles. The Balaban J connectivity index is 1.52. The first-order chi connectivity index (χ1) is 15.1. The van der Waals surface area contributed by atoms with Gasteiger partial charge in [0.25, 0.3) is 0 Å². The number of nitrogens with zero attached hydrogens (tertiary/aromatic N) is 1. The van der Waals surface area contributed by atoms with Crippen molar-refractivity contribution in [3.63, 3.8) is 0 Å². The number of hydrogen-bond acceptors (Lipinski definition) is 4. The molecule has 0 aliphatic carbocycles. The Kier molecular flexibility index (Phi) is 5.04. The molecule has 0 atom stereocenters. The molecule has 0 N–H and O–H groups in total. The van der Waals surface area contributed by atoms with Crippen LogP contribution < -0.4 is 10.4 Å². The molecule has 1 aliphatic heterocycles. The molecule has 4 nitrogen and oxygen atoms in total. The fourth-order valence-corrected chi connectivity index (χ4v) is 4.18. The fourth-order valence-electron chi connectivity index (χ4n) is 4.18. The fraction of sp³-hybridized carbons (Fsp3) is 0.192. The minimum absolute atomic E-state index is 0.237. The van der Waals surface area contributed by atoms with E-state index in [9.17, 15) is 9.18 Å². The summed E-state index contributed by atoms with van der Waals surface area (Å²) in [6.07, 6.45) is 0.526. The van der Waals surface area contributed by atoms with E-state index in [1.165, 1.54) is 6.07 Å². The van der Waals surface area contributed by atoms with Gasteiger partial charge in [0.2, 0.25) is 0 Å². The van der Waals surface area contributed by atoms with Crippen LogP contribution in [0.15, 0.2) is 75.9 Å². The summed E-state index contributed by atoms with van der Waals surface area (Å²) in [7, 11) is 0. The molecular formula is C26H22FNO3. The molecule has 156 valence electrons. The van der Waals surface area contributed by atoms with Crippen LogP contribution in [0.25, 0.3) is 11.0 Å². The average Bonchev–Trinajstić information content (AvgIpc) is 2.79. The van der Waals surface area contributed by atoms with Gasteiger partial charge < -0.3 is 9.15 Å². The van der Waals surface area contributed by atoms with Gasteiger partial charge in [-0.25, -0.2) is 9.18 Å². The maximum atomic E-state index is 14.1. The third kappa shape index (κ3) is 3.73. The van der Waals surface area contributed by atoms with Gasteiger partial charge in [-0.05, 0) is 36.2 Å². The number of benzene rings is 3. The first kappa shape index (κ1) is 19.5. The molecule has 5 heteroatoms. The van der Waals surface area contributed by atoms with Crippen molar-refractivity contribution in [2.75, 3.05) is 6.73 Å². The van der Waals surface area contributed by atoms with Gasteiger partial charge in [-0.2, -0.15) is 0 Å². The van der Waals surface area contributed by atoms with E-state index in [0.29, 0.717) is 48.7 Å². The summed E-state index contributed by atoms with van der Waals surface area (Å²) >= 11 is 0. The van der Waals surface area contributed by atoms with E-state index in [2.05, 4.69) is 0 Å². The summed E-state index contributed by atoms with van der Waals surface area (Å²) in [6, 6.07) is 20.5. The van der Waals surface area contributed by atoms with E-state index in [1.54, 1.807) is 12.1 Å². The smallest absolute Gasteiger partial charge is 0.340 e. The molecule has 0 fully saturated rings. The van der Waals surface area contributed by atoms with Crippen LogP contribution in [0.5, 0.6) is 5.75 Å². The maximum absolute atomic E-state index is 14.1. The van der Waals surface area contributed by atoms with Crippen LogP contribution in [0.2, 0.25) is 0 Å². The lowest BCUT2D eigenvalue weighted by Gasteiger charge is -2.29. The van der Waals surface area contributed by atoms with E-state index in [1.807, 2.05) is 60.4 Å². The maximum Gasteiger partial charge on any atom is 0.340 e. The standard InChI is InChI=1S/C26H22FNO3/c1-17-20-11-12-24-22(15-28(16-30-24)14-19-9-5-6-10-23(19)27)25(20)31-26(29)21(17)13-18-7-3-2-4-8-18/h2-12H,13-16H2,1H3. The molecule has 0 amide bonds. The van der Waals surface area contributed by atoms with Crippen LogP contribution in [-0.2, 0) is 19.5 Å². The van der Waals surface area contributed by atoms with Crippen molar-refractivity contribution < 1.29 is 13.5 Å². The van der Waals surface area contributed by atoms with Crippen LogP contribution >= 0.6 is 0 Å². The molecule has 1 aromatic heterocycles. The first-order valence-corrected chi connectivity index (χ1v) is 10.3. The van der Waals surface area contributed by atoms with Crippen LogP contribution in [0, 0.1) is 12.7 Å². The molecule has 0 spiro atoms. The van der Waals surface area contributed by atoms with Gasteiger partial charge in [0.1, 0.15) is 23.9 Å². The van der Waals surface area contributed by atoms with E-state index in [4.69, 9.17) is 9.15 Å². The minimum Gasteiger partial charge on any atom is -0.478 e. The highest BCUT2D eigenvalue weighted by atomic mass is 19.1. The van der Waals surface area contributed by atoms with E-state index in [-0.39, 0.29) is 11.4 Å². The molecule has 1 aliphatic rings. The number of halogens is 1. The summed E-state index contributed by atoms with van der Waals surface area (Å²) in [4.78, 5) is 14.9. The van der Waals surface area contributed by atoms with Gasteiger partial charge in [0.05, 0.1) is 5.56 Å². The molecule has 0 saturated carbocycles. The quantitative estimate of drug-likeness (QED) is 0.431. The van der Waals surface area contributed by atoms with Gasteiger partial charge in [0.15, 0.2) is 0 Å². The molecule has 0 unspecified atom stereocenters. The van der Waals surface area contributed by atoms with Crippen LogP contribution in [0.3, 0.4) is 0 Å². The van der Waals surface area contributed by atoms with Crippen molar-refractivity contribution in [1.29, 1.82) is 0 Å². The Morgan fingerprint density at radius 2 is 1.77 bits per heavy atom. The van der Waals surface area contributed by atoms with E-state index >= 15 is 0 Å². The van der Waals surface area contributed by atoms with Crippen molar-refractivity contribution in [2.24, 2.45) is 0 Å². The molecule has 31 heavy (non-hydrogen) atoms. The zero-order valence-electron chi connectivity index (χ0n) is 17.2. The largest absolute Gasteiger partial charge is 0.478 e. The molecule has 2 heterocycles. The van der Waals surface area contributed by atoms with Gasteiger partial charge in [-0.15, -0.1) is 0 Å². The Morgan fingerprint density at radius 1 is 1.00 bits per heavy atom. The van der Waals surface area contributed by atoms with Crippen molar-refractivity contribution in [3.05, 3.63) is 111 Å². The van der Waals surface area contributed by atoms with Crippen molar-refractivity contribution in [3.8, 4) is 5.75 Å². The van der Waals surface area contributed by atoms with Crippen LogP contribution in [0.1, 0.15) is 27.8 Å². The Bertz CT molecular complexity index is 1310. The number of rotatable bonds is 4. The summed E-state index contributed by atoms with van der Waals surface area (Å²) in [5.41, 5.74) is 4.31. The predicted octanol–water partition coefficient (Wildman–Crippen LogP) is 5.18. The number of fused-ring (bicyclic) bond motifs is 3. The van der Waals surface area contributed by atoms with Crippen LogP contribution in [-0.4, -0.2) is 11.6 Å². The average molecular weight is 415 g/mol. The first-order valence-electron chi connectivity index (χ1n) is 10.3. The lowest BCUT2D eigenvalue weighted by molar-refractivity contribution is 0.0879. The van der Waals surface area contributed by atoms with Crippen molar-refractivity contribution in [2.45, 2.75) is 26.4 Å². The second-order valence-corrected chi connectivity index (χ2v) is 7.93. The summed E-state index contributed by atoms with van der Waals surface area (Å²) in [5.74, 6) is 0.467. The van der Waals surface area contributed by atoms with Crippen molar-refractivity contribution in [1.82, 2.24) is 4.90 Å². The van der Waals surface area contributed by atoms with Gasteiger partial charge in [-0.1, -0.05) is 48.5 Å². The molecule has 5 rings (SSSR count). The highest BCUT2D eigenvalue weighted by Crippen LogP contribution is 2.34. The molecule has 4 aromatic rings. The minimum atomic E-state index is -0.325. The number of hydrogen-bond donors (Lipinski definition) is 0. The van der Waals surface area contributed by atoms with Gasteiger partial charge >= 0.3 is 5.63 Å². The zero-order chi connectivity index (χ0) is 21.4. The second-order valence-electron chi connectivity index (χ2n) is 7.93. The van der Waals surface area contributed by atoms with Gasteiger partial charge in [-0.3, -0.25) is 4.90 Å². The summed E-state index contributed by atoms with van der Waals surface area (Å²) in [5, 5.41) is 0.903. The SMILES string of the molecule is Cc1c(Cc2ccccc2)c(=O)oc2c3c(ccc12)OCN(Cc1ccccc1F)C3. The Labute approximate surface area is 179 Å². The predicted molar refractivity (Wildman–Crippen MR) is 118 cm³/mol. The lowest BCUT2D eigenvalue weighted by atomic mass is 9.97. The highest BCUT2D eigenvalue weighted by molar-refractivity contribution is 5.86. The zero-order valence-corrected chi connectivity index (χ0v) is 17.2. The van der Waals surface area contributed by atoms with Crippen LogP contribution in [0.4, 0.5) is 4.39 Å².